The number of aromatic carboxylic acids is 1. The van der Waals surface area contributed by atoms with E-state index in [-0.39, 0.29) is 23.0 Å². The lowest BCUT2D eigenvalue weighted by Crippen LogP contribution is -2.27. The lowest BCUT2D eigenvalue weighted by Gasteiger charge is -2.10. The van der Waals surface area contributed by atoms with Gasteiger partial charge in [-0.2, -0.15) is 5.10 Å². The highest BCUT2D eigenvalue weighted by Crippen LogP contribution is 2.21. The molecule has 2 aromatic heterocycles. The molecule has 2 N–H and O–H groups in total. The molecule has 0 saturated heterocycles. The first-order chi connectivity index (χ1) is 13.5. The Morgan fingerprint density at radius 1 is 1.04 bits per heavy atom. The summed E-state index contributed by atoms with van der Waals surface area (Å²) >= 11 is 0. The maximum absolute atomic E-state index is 12.8. The predicted octanol–water partition coefficient (Wildman–Crippen LogP) is 1.89. The van der Waals surface area contributed by atoms with Crippen molar-refractivity contribution in [2.45, 2.75) is 6.54 Å². The summed E-state index contributed by atoms with van der Waals surface area (Å²) in [5.41, 5.74) is 0.977. The largest absolute Gasteiger partial charge is 0.478 e. The molecule has 4 aromatic rings. The number of nitrogens with zero attached hydrogens (tertiary/aromatic N) is 3. The number of aromatic amines is 1. The third-order valence-electron chi connectivity index (χ3n) is 4.33. The molecule has 28 heavy (non-hydrogen) atoms. The Labute approximate surface area is 157 Å². The third-order valence-corrected chi connectivity index (χ3v) is 4.33. The van der Waals surface area contributed by atoms with Gasteiger partial charge in [-0.1, -0.05) is 42.5 Å². The van der Waals surface area contributed by atoms with E-state index < -0.39 is 17.1 Å². The number of H-pyrrole nitrogens is 1. The predicted molar refractivity (Wildman–Crippen MR) is 102 cm³/mol. The van der Waals surface area contributed by atoms with Crippen molar-refractivity contribution in [1.82, 2.24) is 19.7 Å². The van der Waals surface area contributed by atoms with Gasteiger partial charge < -0.3 is 10.1 Å². The van der Waals surface area contributed by atoms with Crippen LogP contribution < -0.4 is 11.1 Å². The number of carboxylic acid groups (broad SMARTS) is 1. The Bertz CT molecular complexity index is 1290. The Kier molecular flexibility index (Phi) is 4.29. The third kappa shape index (κ3) is 3.07. The number of benzene rings is 2. The van der Waals surface area contributed by atoms with E-state index >= 15 is 0 Å². The minimum Gasteiger partial charge on any atom is -0.478 e. The van der Waals surface area contributed by atoms with Gasteiger partial charge in [0, 0.05) is 5.56 Å². The second-order valence-corrected chi connectivity index (χ2v) is 6.13. The fourth-order valence-corrected chi connectivity index (χ4v) is 2.95. The Morgan fingerprint density at radius 2 is 1.75 bits per heavy atom. The summed E-state index contributed by atoms with van der Waals surface area (Å²) < 4.78 is 1.23. The van der Waals surface area contributed by atoms with Gasteiger partial charge in [0.2, 0.25) is 0 Å². The number of hydrogen-bond acceptors (Lipinski definition) is 5. The van der Waals surface area contributed by atoms with Gasteiger partial charge in [0.05, 0.1) is 23.8 Å². The van der Waals surface area contributed by atoms with Crippen LogP contribution in [0.1, 0.15) is 15.9 Å². The molecule has 0 amide bonds. The highest BCUT2D eigenvalue weighted by Gasteiger charge is 2.16. The molecule has 4 rings (SSSR count). The van der Waals surface area contributed by atoms with Crippen LogP contribution in [0.3, 0.4) is 0 Å². The molecule has 0 aliphatic carbocycles. The first-order valence-corrected chi connectivity index (χ1v) is 8.41. The Balaban J connectivity index is 1.90. The van der Waals surface area contributed by atoms with E-state index in [9.17, 15) is 14.4 Å². The van der Waals surface area contributed by atoms with E-state index in [1.807, 2.05) is 18.2 Å². The van der Waals surface area contributed by atoms with E-state index in [1.165, 1.54) is 23.1 Å². The maximum Gasteiger partial charge on any atom is 0.335 e. The number of carboxylic acids is 1. The minimum atomic E-state index is -1.03. The molecule has 0 unspecified atom stereocenters. The van der Waals surface area contributed by atoms with Crippen molar-refractivity contribution in [3.8, 4) is 11.3 Å². The van der Waals surface area contributed by atoms with Crippen LogP contribution in [-0.2, 0) is 6.54 Å². The first kappa shape index (κ1) is 17.3. The van der Waals surface area contributed by atoms with Crippen molar-refractivity contribution in [1.29, 1.82) is 0 Å². The molecule has 8 heteroatoms. The highest BCUT2D eigenvalue weighted by atomic mass is 16.4. The lowest BCUT2D eigenvalue weighted by atomic mass is 10.1. The Morgan fingerprint density at radius 3 is 2.43 bits per heavy atom. The standard InChI is InChI=1S/C20H14N4O4/c25-18-15-16(13-4-2-1-3-5-13)23-24(19(26)17(15)21-11-22-18)10-12-6-8-14(9-7-12)20(27)28/h1-9,11H,10H2,(H,27,28)(H,21,22,25). The first-order valence-electron chi connectivity index (χ1n) is 8.41. The lowest BCUT2D eigenvalue weighted by molar-refractivity contribution is 0.0697. The normalized spacial score (nSPS) is 10.9. The van der Waals surface area contributed by atoms with Gasteiger partial charge in [0.25, 0.3) is 11.1 Å². The van der Waals surface area contributed by atoms with Gasteiger partial charge in [0.1, 0.15) is 11.2 Å². The van der Waals surface area contributed by atoms with Crippen LogP contribution in [0.5, 0.6) is 0 Å². The monoisotopic (exact) mass is 374 g/mol. The van der Waals surface area contributed by atoms with Crippen molar-refractivity contribution in [2.24, 2.45) is 0 Å². The molecule has 138 valence electrons. The fraction of sp³-hybridized carbons (Fsp3) is 0.0500. The highest BCUT2D eigenvalue weighted by molar-refractivity contribution is 5.90. The molecule has 0 fully saturated rings. The van der Waals surface area contributed by atoms with Gasteiger partial charge in [-0.05, 0) is 17.7 Å². The zero-order chi connectivity index (χ0) is 19.7. The summed E-state index contributed by atoms with van der Waals surface area (Å²) in [6.07, 6.45) is 1.19. The number of fused-ring (bicyclic) bond motifs is 1. The molecule has 0 radical (unpaired) electrons. The van der Waals surface area contributed by atoms with Gasteiger partial charge in [-0.25, -0.2) is 14.5 Å². The average Bonchev–Trinajstić information content (AvgIpc) is 2.71. The molecule has 0 aliphatic rings. The number of hydrogen-bond donors (Lipinski definition) is 2. The van der Waals surface area contributed by atoms with Crippen LogP contribution in [0, 0.1) is 0 Å². The van der Waals surface area contributed by atoms with E-state index in [1.54, 1.807) is 24.3 Å². The van der Waals surface area contributed by atoms with E-state index in [2.05, 4.69) is 15.1 Å². The number of nitrogens with one attached hydrogen (secondary N) is 1. The molecule has 0 atom stereocenters. The maximum atomic E-state index is 12.8. The summed E-state index contributed by atoms with van der Waals surface area (Å²) in [5.74, 6) is -1.03. The van der Waals surface area contributed by atoms with Gasteiger partial charge in [-0.15, -0.1) is 0 Å². The van der Waals surface area contributed by atoms with Gasteiger partial charge >= 0.3 is 5.97 Å². The summed E-state index contributed by atoms with van der Waals surface area (Å²) in [5, 5.41) is 13.6. The van der Waals surface area contributed by atoms with Crippen molar-refractivity contribution in [3.05, 3.63) is 92.8 Å². The zero-order valence-corrected chi connectivity index (χ0v) is 14.5. The molecular formula is C20H14N4O4. The zero-order valence-electron chi connectivity index (χ0n) is 14.5. The summed E-state index contributed by atoms with van der Waals surface area (Å²) in [6.45, 7) is 0.114. The quantitative estimate of drug-likeness (QED) is 0.563. The molecule has 2 aromatic carbocycles. The van der Waals surface area contributed by atoms with Crippen molar-refractivity contribution in [2.75, 3.05) is 0 Å². The van der Waals surface area contributed by atoms with Crippen molar-refractivity contribution in [3.63, 3.8) is 0 Å². The van der Waals surface area contributed by atoms with E-state index in [0.717, 1.165) is 0 Å². The molecule has 0 bridgehead atoms. The molecule has 0 aliphatic heterocycles. The molecule has 2 heterocycles. The topological polar surface area (TPSA) is 118 Å². The van der Waals surface area contributed by atoms with Crippen LogP contribution in [0.25, 0.3) is 22.2 Å². The summed E-state index contributed by atoms with van der Waals surface area (Å²) in [7, 11) is 0. The second-order valence-electron chi connectivity index (χ2n) is 6.13. The summed E-state index contributed by atoms with van der Waals surface area (Å²) in [6, 6.07) is 15.2. The second kappa shape index (κ2) is 6.92. The molecule has 8 nitrogen and oxygen atoms in total. The van der Waals surface area contributed by atoms with Crippen LogP contribution >= 0.6 is 0 Å². The SMILES string of the molecule is O=C(O)c1ccc(Cn2nc(-c3ccccc3)c3c(=O)[nH]cnc3c2=O)cc1. The van der Waals surface area contributed by atoms with Crippen LogP contribution in [0.2, 0.25) is 0 Å². The minimum absolute atomic E-state index is 0.0276. The van der Waals surface area contributed by atoms with Crippen LogP contribution in [0.15, 0.2) is 70.5 Å². The molecular weight excluding hydrogens is 360 g/mol. The average molecular weight is 374 g/mol. The van der Waals surface area contributed by atoms with Crippen molar-refractivity contribution < 1.29 is 9.90 Å². The molecule has 0 saturated carbocycles. The van der Waals surface area contributed by atoms with Gasteiger partial charge in [0.15, 0.2) is 0 Å². The van der Waals surface area contributed by atoms with Gasteiger partial charge in [-0.3, -0.25) is 9.59 Å². The van der Waals surface area contributed by atoms with Crippen LogP contribution in [0.4, 0.5) is 0 Å². The Hall–Kier alpha value is -4.07. The van der Waals surface area contributed by atoms with E-state index in [4.69, 9.17) is 5.11 Å². The van der Waals surface area contributed by atoms with Crippen molar-refractivity contribution >= 4 is 16.9 Å². The number of carbonyl (C=O) groups is 1. The number of aromatic nitrogens is 4. The number of rotatable bonds is 4. The summed E-state index contributed by atoms with van der Waals surface area (Å²) in [4.78, 5) is 42.7. The fourth-order valence-electron chi connectivity index (χ4n) is 2.95. The molecule has 0 spiro atoms. The smallest absolute Gasteiger partial charge is 0.335 e. The van der Waals surface area contributed by atoms with Crippen LogP contribution in [-0.4, -0.2) is 30.8 Å². The van der Waals surface area contributed by atoms with E-state index in [0.29, 0.717) is 16.8 Å².